The summed E-state index contributed by atoms with van der Waals surface area (Å²) in [5.74, 6) is -0.315. The van der Waals surface area contributed by atoms with Crippen LogP contribution in [-0.4, -0.2) is 22.1 Å². The molecule has 0 radical (unpaired) electrons. The molecule has 5 heteroatoms. The van der Waals surface area contributed by atoms with Crippen molar-refractivity contribution in [1.29, 1.82) is 0 Å². The number of H-pyrrole nitrogens is 1. The first-order valence-corrected chi connectivity index (χ1v) is 12.1. The van der Waals surface area contributed by atoms with Gasteiger partial charge in [0, 0.05) is 45.0 Å². The maximum absolute atomic E-state index is 13.4. The van der Waals surface area contributed by atoms with Crippen molar-refractivity contribution in [3.8, 4) is 22.4 Å². The number of hydrogen-bond donors (Lipinski definition) is 1. The standard InChI is InChI=1S/C30H27ClN2O2/c1-4-35-30(34)27-20(3)33(18-21-11-7-5-8-12-21)19(2)26(27)28-24-17-23(31)15-16-25(24)32-29(28)22-13-9-6-10-14-22/h5-17,32H,4,18H2,1-3H3. The van der Waals surface area contributed by atoms with Crippen molar-refractivity contribution < 1.29 is 9.53 Å². The van der Waals surface area contributed by atoms with E-state index in [0.717, 1.165) is 44.7 Å². The van der Waals surface area contributed by atoms with E-state index in [-0.39, 0.29) is 5.97 Å². The minimum absolute atomic E-state index is 0.311. The van der Waals surface area contributed by atoms with Gasteiger partial charge < -0.3 is 14.3 Å². The number of esters is 1. The Bertz CT molecular complexity index is 1520. The molecule has 3 aromatic carbocycles. The largest absolute Gasteiger partial charge is 0.462 e. The Labute approximate surface area is 210 Å². The zero-order valence-electron chi connectivity index (χ0n) is 20.1. The third kappa shape index (κ3) is 4.15. The minimum atomic E-state index is -0.315. The Morgan fingerprint density at radius 1 is 0.914 bits per heavy atom. The number of nitrogens with zero attached hydrogens (tertiary/aromatic N) is 1. The lowest BCUT2D eigenvalue weighted by atomic mass is 9.95. The van der Waals surface area contributed by atoms with Crippen molar-refractivity contribution in [3.63, 3.8) is 0 Å². The monoisotopic (exact) mass is 482 g/mol. The van der Waals surface area contributed by atoms with Crippen molar-refractivity contribution in [2.45, 2.75) is 27.3 Å². The Balaban J connectivity index is 1.84. The minimum Gasteiger partial charge on any atom is -0.462 e. The van der Waals surface area contributed by atoms with Gasteiger partial charge in [0.25, 0.3) is 0 Å². The molecule has 0 aliphatic heterocycles. The van der Waals surface area contributed by atoms with Crippen LogP contribution in [0.1, 0.15) is 34.2 Å². The number of rotatable bonds is 6. The summed E-state index contributed by atoms with van der Waals surface area (Å²) in [6.07, 6.45) is 0. The normalized spacial score (nSPS) is 11.2. The lowest BCUT2D eigenvalue weighted by Crippen LogP contribution is -2.09. The van der Waals surface area contributed by atoms with Gasteiger partial charge in [-0.2, -0.15) is 0 Å². The van der Waals surface area contributed by atoms with Gasteiger partial charge in [0.15, 0.2) is 0 Å². The SMILES string of the molecule is CCOC(=O)c1c(-c2c(-c3ccccc3)[nH]c3ccc(Cl)cc23)c(C)n(Cc2ccccc2)c1C. The summed E-state index contributed by atoms with van der Waals surface area (Å²) in [6.45, 7) is 6.88. The van der Waals surface area contributed by atoms with Crippen molar-refractivity contribution in [3.05, 3.63) is 106 Å². The second kappa shape index (κ2) is 9.47. The molecule has 0 spiro atoms. The summed E-state index contributed by atoms with van der Waals surface area (Å²) in [7, 11) is 0. The molecule has 0 saturated carbocycles. The number of aromatic amines is 1. The number of carbonyl (C=O) groups is 1. The number of ether oxygens (including phenoxy) is 1. The van der Waals surface area contributed by atoms with E-state index >= 15 is 0 Å². The van der Waals surface area contributed by atoms with Gasteiger partial charge in [0.2, 0.25) is 0 Å². The smallest absolute Gasteiger partial charge is 0.340 e. The fourth-order valence-electron chi connectivity index (χ4n) is 4.89. The van der Waals surface area contributed by atoms with E-state index < -0.39 is 0 Å². The average molecular weight is 483 g/mol. The maximum atomic E-state index is 13.4. The van der Waals surface area contributed by atoms with Gasteiger partial charge in [-0.05, 0) is 50.1 Å². The molecule has 0 saturated heterocycles. The molecular formula is C30H27ClN2O2. The van der Waals surface area contributed by atoms with Gasteiger partial charge in [-0.1, -0.05) is 72.3 Å². The summed E-state index contributed by atoms with van der Waals surface area (Å²) in [5.41, 5.74) is 8.45. The summed E-state index contributed by atoms with van der Waals surface area (Å²) in [6, 6.07) is 26.3. The van der Waals surface area contributed by atoms with Crippen LogP contribution in [-0.2, 0) is 11.3 Å². The van der Waals surface area contributed by atoms with Crippen molar-refractivity contribution in [2.75, 3.05) is 6.61 Å². The van der Waals surface area contributed by atoms with E-state index in [4.69, 9.17) is 16.3 Å². The van der Waals surface area contributed by atoms with Gasteiger partial charge >= 0.3 is 5.97 Å². The predicted octanol–water partition coefficient (Wildman–Crippen LogP) is 7.80. The molecule has 0 aliphatic carbocycles. The molecule has 1 N–H and O–H groups in total. The van der Waals surface area contributed by atoms with E-state index in [1.165, 1.54) is 5.56 Å². The number of nitrogens with one attached hydrogen (secondary N) is 1. The molecule has 0 atom stereocenters. The van der Waals surface area contributed by atoms with Gasteiger partial charge in [-0.3, -0.25) is 0 Å². The van der Waals surface area contributed by atoms with E-state index in [9.17, 15) is 4.79 Å². The number of hydrogen-bond acceptors (Lipinski definition) is 2. The fraction of sp³-hybridized carbons (Fsp3) is 0.167. The second-order valence-corrected chi connectivity index (χ2v) is 9.08. The number of halogens is 1. The predicted molar refractivity (Wildman–Crippen MR) is 143 cm³/mol. The number of benzene rings is 3. The molecule has 5 rings (SSSR count). The van der Waals surface area contributed by atoms with Gasteiger partial charge in [0.1, 0.15) is 0 Å². The van der Waals surface area contributed by atoms with E-state index in [1.54, 1.807) is 0 Å². The van der Waals surface area contributed by atoms with Gasteiger partial charge in [-0.15, -0.1) is 0 Å². The van der Waals surface area contributed by atoms with Crippen LogP contribution in [0.3, 0.4) is 0 Å². The first-order valence-electron chi connectivity index (χ1n) is 11.8. The molecule has 5 aromatic rings. The molecule has 35 heavy (non-hydrogen) atoms. The van der Waals surface area contributed by atoms with Gasteiger partial charge in [0.05, 0.1) is 17.9 Å². The van der Waals surface area contributed by atoms with Crippen molar-refractivity contribution in [1.82, 2.24) is 9.55 Å². The number of carbonyl (C=O) groups excluding carboxylic acids is 1. The Morgan fingerprint density at radius 3 is 2.29 bits per heavy atom. The molecule has 0 fully saturated rings. The lowest BCUT2D eigenvalue weighted by Gasteiger charge is -2.11. The summed E-state index contributed by atoms with van der Waals surface area (Å²) < 4.78 is 7.76. The Kier molecular flexibility index (Phi) is 6.23. The van der Waals surface area contributed by atoms with Crippen LogP contribution < -0.4 is 0 Å². The molecular weight excluding hydrogens is 456 g/mol. The fourth-order valence-corrected chi connectivity index (χ4v) is 5.06. The molecule has 0 bridgehead atoms. The van der Waals surface area contributed by atoms with Crippen LogP contribution in [0, 0.1) is 13.8 Å². The zero-order chi connectivity index (χ0) is 24.5. The quantitative estimate of drug-likeness (QED) is 0.251. The van der Waals surface area contributed by atoms with E-state index in [0.29, 0.717) is 23.7 Å². The van der Waals surface area contributed by atoms with E-state index in [1.807, 2.05) is 68.4 Å². The van der Waals surface area contributed by atoms with Crippen LogP contribution in [0.4, 0.5) is 0 Å². The molecule has 2 aromatic heterocycles. The van der Waals surface area contributed by atoms with Crippen molar-refractivity contribution >= 4 is 28.5 Å². The highest BCUT2D eigenvalue weighted by Gasteiger charge is 2.29. The van der Waals surface area contributed by atoms with Crippen LogP contribution >= 0.6 is 11.6 Å². The molecule has 0 aliphatic rings. The average Bonchev–Trinajstić information content (AvgIpc) is 3.35. The topological polar surface area (TPSA) is 47.0 Å². The second-order valence-electron chi connectivity index (χ2n) is 8.64. The molecule has 2 heterocycles. The van der Waals surface area contributed by atoms with Crippen LogP contribution in [0.15, 0.2) is 78.9 Å². The highest BCUT2D eigenvalue weighted by atomic mass is 35.5. The zero-order valence-corrected chi connectivity index (χ0v) is 20.8. The van der Waals surface area contributed by atoms with Crippen LogP contribution in [0.25, 0.3) is 33.3 Å². The number of fused-ring (bicyclic) bond motifs is 1. The highest BCUT2D eigenvalue weighted by molar-refractivity contribution is 6.31. The Hall–Kier alpha value is -3.76. The molecule has 0 amide bonds. The van der Waals surface area contributed by atoms with Crippen LogP contribution in [0.5, 0.6) is 0 Å². The first-order chi connectivity index (χ1) is 17.0. The summed E-state index contributed by atoms with van der Waals surface area (Å²) in [4.78, 5) is 17.0. The molecule has 176 valence electrons. The van der Waals surface area contributed by atoms with Crippen LogP contribution in [0.2, 0.25) is 5.02 Å². The Morgan fingerprint density at radius 2 is 1.60 bits per heavy atom. The van der Waals surface area contributed by atoms with E-state index in [2.05, 4.69) is 40.7 Å². The third-order valence-electron chi connectivity index (χ3n) is 6.52. The number of aromatic nitrogens is 2. The summed E-state index contributed by atoms with van der Waals surface area (Å²) in [5, 5.41) is 1.62. The highest BCUT2D eigenvalue weighted by Crippen LogP contribution is 2.44. The van der Waals surface area contributed by atoms with Gasteiger partial charge in [-0.25, -0.2) is 4.79 Å². The molecule has 4 nitrogen and oxygen atoms in total. The molecule has 0 unspecified atom stereocenters. The lowest BCUT2D eigenvalue weighted by molar-refractivity contribution is 0.0526. The third-order valence-corrected chi connectivity index (χ3v) is 6.75. The maximum Gasteiger partial charge on any atom is 0.340 e. The summed E-state index contributed by atoms with van der Waals surface area (Å²) >= 11 is 6.46. The van der Waals surface area contributed by atoms with Crippen molar-refractivity contribution in [2.24, 2.45) is 0 Å². The first kappa shape index (κ1) is 23.0.